The number of fused-ring (bicyclic) bond motifs is 1. The number of rotatable bonds is 5. The molecule has 2 amide bonds. The van der Waals surface area contributed by atoms with Crippen molar-refractivity contribution < 1.29 is 19.5 Å². The second-order valence-corrected chi connectivity index (χ2v) is 9.80. The van der Waals surface area contributed by atoms with Gasteiger partial charge in [0.15, 0.2) is 0 Å². The van der Waals surface area contributed by atoms with Gasteiger partial charge < -0.3 is 15.7 Å². The molecular formula is C22H30N2O4S. The van der Waals surface area contributed by atoms with Gasteiger partial charge in [-0.05, 0) is 50.5 Å². The number of carboxylic acid groups (broad SMARTS) is 1. The number of aryl methyl sites for hydroxylation is 1. The Morgan fingerprint density at radius 3 is 2.28 bits per heavy atom. The smallest absolute Gasteiger partial charge is 0.307 e. The number of nitrogens with one attached hydrogen (secondary N) is 2. The average molecular weight is 419 g/mol. The molecule has 7 heteroatoms. The van der Waals surface area contributed by atoms with Gasteiger partial charge in [0, 0.05) is 10.9 Å². The number of carbonyl (C=O) groups excluding carboxylic acids is 2. The molecule has 4 rings (SSSR count). The topological polar surface area (TPSA) is 95.5 Å². The van der Waals surface area contributed by atoms with Crippen LogP contribution in [0, 0.1) is 11.8 Å². The Balaban J connectivity index is 1.53. The molecule has 0 spiro atoms. The van der Waals surface area contributed by atoms with Crippen molar-refractivity contribution in [3.8, 4) is 0 Å². The zero-order valence-electron chi connectivity index (χ0n) is 16.8. The summed E-state index contributed by atoms with van der Waals surface area (Å²) in [5.41, 5.74) is 1.71. The fraction of sp³-hybridized carbons (Fsp3) is 0.682. The van der Waals surface area contributed by atoms with E-state index in [1.165, 1.54) is 22.6 Å². The highest BCUT2D eigenvalue weighted by Gasteiger charge is 2.37. The van der Waals surface area contributed by atoms with E-state index in [1.54, 1.807) is 0 Å². The fourth-order valence-electron chi connectivity index (χ4n) is 5.18. The highest BCUT2D eigenvalue weighted by molar-refractivity contribution is 7.17. The highest BCUT2D eigenvalue weighted by atomic mass is 32.1. The van der Waals surface area contributed by atoms with Crippen LogP contribution in [0.15, 0.2) is 0 Å². The predicted molar refractivity (Wildman–Crippen MR) is 112 cm³/mol. The van der Waals surface area contributed by atoms with Crippen LogP contribution in [0.5, 0.6) is 0 Å². The molecule has 1 aromatic rings. The van der Waals surface area contributed by atoms with Crippen LogP contribution in [-0.4, -0.2) is 28.9 Å². The Hall–Kier alpha value is -1.89. The van der Waals surface area contributed by atoms with Crippen LogP contribution < -0.4 is 10.6 Å². The van der Waals surface area contributed by atoms with Gasteiger partial charge in [-0.15, -0.1) is 11.3 Å². The number of thiophene rings is 1. The van der Waals surface area contributed by atoms with E-state index in [0.29, 0.717) is 23.4 Å². The van der Waals surface area contributed by atoms with Crippen molar-refractivity contribution >= 4 is 34.1 Å². The second-order valence-electron chi connectivity index (χ2n) is 8.69. The lowest BCUT2D eigenvalue weighted by atomic mass is 9.79. The third kappa shape index (κ3) is 4.34. The monoisotopic (exact) mass is 418 g/mol. The molecule has 0 unspecified atom stereocenters. The van der Waals surface area contributed by atoms with E-state index in [4.69, 9.17) is 0 Å². The first-order valence-electron chi connectivity index (χ1n) is 11.0. The van der Waals surface area contributed by atoms with Crippen LogP contribution >= 0.6 is 11.3 Å². The van der Waals surface area contributed by atoms with Gasteiger partial charge in [0.1, 0.15) is 5.00 Å². The molecule has 0 radical (unpaired) electrons. The molecule has 0 bridgehead atoms. The van der Waals surface area contributed by atoms with E-state index in [9.17, 15) is 19.5 Å². The lowest BCUT2D eigenvalue weighted by molar-refractivity contribution is -0.147. The van der Waals surface area contributed by atoms with Crippen LogP contribution in [-0.2, 0) is 22.4 Å². The minimum Gasteiger partial charge on any atom is -0.481 e. The molecule has 2 atom stereocenters. The van der Waals surface area contributed by atoms with Gasteiger partial charge in [-0.1, -0.05) is 32.1 Å². The summed E-state index contributed by atoms with van der Waals surface area (Å²) >= 11 is 1.50. The lowest BCUT2D eigenvalue weighted by Crippen LogP contribution is -2.38. The molecule has 2 saturated carbocycles. The van der Waals surface area contributed by atoms with Crippen molar-refractivity contribution in [2.24, 2.45) is 11.8 Å². The lowest BCUT2D eigenvalue weighted by Gasteiger charge is -2.27. The molecule has 1 heterocycles. The predicted octanol–water partition coefficient (Wildman–Crippen LogP) is 4.13. The minimum atomic E-state index is -0.895. The number of hydrogen-bond acceptors (Lipinski definition) is 4. The van der Waals surface area contributed by atoms with E-state index in [-0.39, 0.29) is 17.9 Å². The van der Waals surface area contributed by atoms with Gasteiger partial charge in [0.2, 0.25) is 5.91 Å². The number of carbonyl (C=O) groups is 3. The summed E-state index contributed by atoms with van der Waals surface area (Å²) in [6, 6.07) is 0.214. The van der Waals surface area contributed by atoms with Crippen molar-refractivity contribution in [2.75, 3.05) is 5.32 Å². The maximum Gasteiger partial charge on any atom is 0.307 e. The summed E-state index contributed by atoms with van der Waals surface area (Å²) in [7, 11) is 0. The van der Waals surface area contributed by atoms with E-state index < -0.39 is 17.8 Å². The average Bonchev–Trinajstić information content (AvgIpc) is 3.29. The van der Waals surface area contributed by atoms with Crippen LogP contribution in [0.25, 0.3) is 0 Å². The maximum atomic E-state index is 13.1. The summed E-state index contributed by atoms with van der Waals surface area (Å²) in [6.07, 6.45) is 11.3. The molecule has 29 heavy (non-hydrogen) atoms. The zero-order valence-corrected chi connectivity index (χ0v) is 17.6. The zero-order chi connectivity index (χ0) is 20.4. The summed E-state index contributed by atoms with van der Waals surface area (Å²) in [5, 5.41) is 16.3. The van der Waals surface area contributed by atoms with Crippen LogP contribution in [0.1, 0.15) is 85.0 Å². The SMILES string of the molecule is O=C(NC1CCCCC1)c1c(NC(=O)[C@H]2CCCC[C@@H]2C(=O)O)sc2c1CCC2. The molecule has 158 valence electrons. The van der Waals surface area contributed by atoms with Crippen LogP contribution in [0.4, 0.5) is 5.00 Å². The maximum absolute atomic E-state index is 13.1. The molecule has 3 aliphatic rings. The first-order chi connectivity index (χ1) is 14.0. The molecule has 1 aromatic heterocycles. The molecule has 6 nitrogen and oxygen atoms in total. The van der Waals surface area contributed by atoms with Crippen molar-refractivity contribution in [3.05, 3.63) is 16.0 Å². The number of amides is 2. The highest BCUT2D eigenvalue weighted by Crippen LogP contribution is 2.40. The quantitative estimate of drug-likeness (QED) is 0.670. The summed E-state index contributed by atoms with van der Waals surface area (Å²) in [4.78, 5) is 38.9. The number of hydrogen-bond donors (Lipinski definition) is 3. The van der Waals surface area contributed by atoms with Gasteiger partial charge in [0.25, 0.3) is 5.91 Å². The van der Waals surface area contributed by atoms with Gasteiger partial charge in [-0.25, -0.2) is 0 Å². The summed E-state index contributed by atoms with van der Waals surface area (Å²) in [5.74, 6) is -2.37. The first kappa shape index (κ1) is 20.4. The molecule has 0 aliphatic heterocycles. The van der Waals surface area contributed by atoms with E-state index in [1.807, 2.05) is 0 Å². The third-order valence-corrected chi connectivity index (χ3v) is 7.95. The van der Waals surface area contributed by atoms with Crippen molar-refractivity contribution in [1.29, 1.82) is 0 Å². The van der Waals surface area contributed by atoms with Crippen molar-refractivity contribution in [1.82, 2.24) is 5.32 Å². The Kier molecular flexibility index (Phi) is 6.23. The Bertz CT molecular complexity index is 797. The normalized spacial score (nSPS) is 24.7. The Morgan fingerprint density at radius 1 is 0.862 bits per heavy atom. The van der Waals surface area contributed by atoms with E-state index in [2.05, 4.69) is 10.6 Å². The van der Waals surface area contributed by atoms with Crippen molar-refractivity contribution in [2.45, 2.75) is 83.1 Å². The molecule has 0 saturated heterocycles. The number of anilines is 1. The van der Waals surface area contributed by atoms with Crippen LogP contribution in [0.3, 0.4) is 0 Å². The van der Waals surface area contributed by atoms with Gasteiger partial charge in [0.05, 0.1) is 17.4 Å². The van der Waals surface area contributed by atoms with Gasteiger partial charge in [-0.2, -0.15) is 0 Å². The molecule has 0 aromatic carbocycles. The standard InChI is InChI=1S/C22H30N2O4S/c25-19(14-9-4-5-10-15(14)22(27)28)24-21-18(16-11-6-12-17(16)29-21)20(26)23-13-7-2-1-3-8-13/h13-15H,1-12H2,(H,23,26)(H,24,25)(H,27,28)/t14-,15-/m0/s1. The Morgan fingerprint density at radius 2 is 1.55 bits per heavy atom. The summed E-state index contributed by atoms with van der Waals surface area (Å²) in [6.45, 7) is 0. The second kappa shape index (κ2) is 8.86. The number of aliphatic carboxylic acids is 1. The van der Waals surface area contributed by atoms with Crippen LogP contribution in [0.2, 0.25) is 0 Å². The molecular weight excluding hydrogens is 388 g/mol. The van der Waals surface area contributed by atoms with E-state index >= 15 is 0 Å². The molecule has 3 aliphatic carbocycles. The molecule has 3 N–H and O–H groups in total. The van der Waals surface area contributed by atoms with E-state index in [0.717, 1.165) is 63.4 Å². The summed E-state index contributed by atoms with van der Waals surface area (Å²) < 4.78 is 0. The first-order valence-corrected chi connectivity index (χ1v) is 11.9. The minimum absolute atomic E-state index is 0.0787. The van der Waals surface area contributed by atoms with Gasteiger partial charge >= 0.3 is 5.97 Å². The number of carboxylic acids is 1. The third-order valence-electron chi connectivity index (χ3n) is 6.75. The van der Waals surface area contributed by atoms with Crippen molar-refractivity contribution in [3.63, 3.8) is 0 Å². The molecule has 2 fully saturated rings. The van der Waals surface area contributed by atoms with Gasteiger partial charge in [-0.3, -0.25) is 14.4 Å². The largest absolute Gasteiger partial charge is 0.481 e. The fourth-order valence-corrected chi connectivity index (χ4v) is 6.47. The Labute approximate surface area is 175 Å².